The molecule has 0 N–H and O–H groups in total. The van der Waals surface area contributed by atoms with Crippen LogP contribution in [-0.4, -0.2) is 19.5 Å². The van der Waals surface area contributed by atoms with E-state index >= 15 is 0 Å². The first kappa shape index (κ1) is 11.9. The third kappa shape index (κ3) is 2.08. The Balaban J connectivity index is 2.02. The average Bonchev–Trinajstić information content (AvgIpc) is 3.10. The molecule has 2 saturated heterocycles. The Hall–Kier alpha value is -1.19. The second-order valence-electron chi connectivity index (χ2n) is 4.97. The van der Waals surface area contributed by atoms with Crippen molar-refractivity contribution in [3.63, 3.8) is 0 Å². The Kier molecular flexibility index (Phi) is 3.43. The summed E-state index contributed by atoms with van der Waals surface area (Å²) in [6, 6.07) is 5.90. The van der Waals surface area contributed by atoms with Crippen LogP contribution in [0.2, 0.25) is 0 Å². The summed E-state index contributed by atoms with van der Waals surface area (Å²) in [5.41, 5.74) is 2.98. The second-order valence-corrected chi connectivity index (χ2v) is 4.97. The van der Waals surface area contributed by atoms with Gasteiger partial charge in [0.2, 0.25) is 0 Å². The third-order valence-corrected chi connectivity index (χ3v) is 3.83. The smallest absolute Gasteiger partial charge is 0.150 e. The van der Waals surface area contributed by atoms with Gasteiger partial charge in [0.05, 0.1) is 12.2 Å². The first-order valence-electron chi connectivity index (χ1n) is 6.71. The Bertz CT molecular complexity index is 429. The molecule has 0 amide bonds. The molecular weight excluding hydrogens is 228 g/mol. The molecule has 1 aromatic carbocycles. The van der Waals surface area contributed by atoms with Crippen LogP contribution in [-0.2, 0) is 9.47 Å². The van der Waals surface area contributed by atoms with Crippen LogP contribution in [0, 0.1) is 0 Å². The second kappa shape index (κ2) is 5.21. The highest BCUT2D eigenvalue weighted by molar-refractivity contribution is 5.78. The minimum Gasteiger partial charge on any atom is -0.374 e. The van der Waals surface area contributed by atoms with Gasteiger partial charge in [-0.2, -0.15) is 0 Å². The molecule has 3 heteroatoms. The lowest BCUT2D eigenvalue weighted by molar-refractivity contribution is 0.0926. The predicted octanol–water partition coefficient (Wildman–Crippen LogP) is 3.20. The lowest BCUT2D eigenvalue weighted by Crippen LogP contribution is -2.09. The zero-order chi connectivity index (χ0) is 12.4. The van der Waals surface area contributed by atoms with Crippen LogP contribution in [0.5, 0.6) is 0 Å². The molecule has 2 heterocycles. The van der Waals surface area contributed by atoms with Crippen LogP contribution in [0.4, 0.5) is 0 Å². The van der Waals surface area contributed by atoms with Crippen LogP contribution >= 0.6 is 0 Å². The summed E-state index contributed by atoms with van der Waals surface area (Å²) in [5, 5.41) is 0. The van der Waals surface area contributed by atoms with E-state index in [1.807, 2.05) is 12.1 Å². The van der Waals surface area contributed by atoms with E-state index < -0.39 is 0 Å². The van der Waals surface area contributed by atoms with Crippen molar-refractivity contribution in [3.05, 3.63) is 34.9 Å². The van der Waals surface area contributed by atoms with Gasteiger partial charge in [0.1, 0.15) is 6.29 Å². The molecule has 3 rings (SSSR count). The standard InChI is InChI=1S/C15H18O3/c16-10-11-4-1-5-12(13-6-2-8-17-13)15(11)14-7-3-9-18-14/h1,4-5,10,13-14H,2-3,6-9H2. The van der Waals surface area contributed by atoms with E-state index in [9.17, 15) is 4.79 Å². The van der Waals surface area contributed by atoms with E-state index in [1.165, 1.54) is 0 Å². The molecule has 2 aliphatic rings. The molecule has 0 aliphatic carbocycles. The van der Waals surface area contributed by atoms with Crippen molar-refractivity contribution >= 4 is 6.29 Å². The van der Waals surface area contributed by atoms with Gasteiger partial charge in [-0.15, -0.1) is 0 Å². The number of aldehydes is 1. The van der Waals surface area contributed by atoms with Crippen LogP contribution in [0.1, 0.15) is 59.4 Å². The van der Waals surface area contributed by atoms with Gasteiger partial charge in [-0.3, -0.25) is 4.79 Å². The number of hydrogen-bond donors (Lipinski definition) is 0. The molecule has 0 radical (unpaired) electrons. The van der Waals surface area contributed by atoms with Gasteiger partial charge < -0.3 is 9.47 Å². The van der Waals surface area contributed by atoms with Crippen molar-refractivity contribution in [1.29, 1.82) is 0 Å². The van der Waals surface area contributed by atoms with Gasteiger partial charge in [-0.05, 0) is 36.8 Å². The molecule has 2 fully saturated rings. The van der Waals surface area contributed by atoms with Gasteiger partial charge in [-0.25, -0.2) is 0 Å². The first-order chi connectivity index (χ1) is 8.90. The Labute approximate surface area is 107 Å². The number of ether oxygens (including phenoxy) is 2. The van der Waals surface area contributed by atoms with Gasteiger partial charge in [0.15, 0.2) is 0 Å². The summed E-state index contributed by atoms with van der Waals surface area (Å²) in [4.78, 5) is 11.3. The van der Waals surface area contributed by atoms with Crippen molar-refractivity contribution in [2.24, 2.45) is 0 Å². The lowest BCUT2D eigenvalue weighted by atomic mass is 9.91. The molecule has 0 aromatic heterocycles. The van der Waals surface area contributed by atoms with Crippen molar-refractivity contribution in [1.82, 2.24) is 0 Å². The molecule has 96 valence electrons. The maximum absolute atomic E-state index is 11.3. The van der Waals surface area contributed by atoms with E-state index in [1.54, 1.807) is 0 Å². The normalized spacial score (nSPS) is 27.6. The number of carbonyl (C=O) groups is 1. The summed E-state index contributed by atoms with van der Waals surface area (Å²) in [6.07, 6.45) is 5.38. The van der Waals surface area contributed by atoms with Crippen LogP contribution in [0.3, 0.4) is 0 Å². The van der Waals surface area contributed by atoms with Crippen molar-refractivity contribution < 1.29 is 14.3 Å². The van der Waals surface area contributed by atoms with E-state index in [-0.39, 0.29) is 12.2 Å². The number of rotatable bonds is 3. The summed E-state index contributed by atoms with van der Waals surface area (Å²) in [6.45, 7) is 1.61. The molecule has 0 saturated carbocycles. The highest BCUT2D eigenvalue weighted by Gasteiger charge is 2.28. The van der Waals surface area contributed by atoms with Crippen molar-refractivity contribution in [3.8, 4) is 0 Å². The van der Waals surface area contributed by atoms with Gasteiger partial charge >= 0.3 is 0 Å². The Morgan fingerprint density at radius 1 is 1.06 bits per heavy atom. The summed E-state index contributed by atoms with van der Waals surface area (Å²) < 4.78 is 11.5. The number of hydrogen-bond acceptors (Lipinski definition) is 3. The molecule has 2 aliphatic heterocycles. The van der Waals surface area contributed by atoms with Gasteiger partial charge in [-0.1, -0.05) is 18.2 Å². The minimum absolute atomic E-state index is 0.0746. The molecule has 0 bridgehead atoms. The third-order valence-electron chi connectivity index (χ3n) is 3.83. The van der Waals surface area contributed by atoms with Crippen molar-refractivity contribution in [2.75, 3.05) is 13.2 Å². The maximum atomic E-state index is 11.3. The fraction of sp³-hybridized carbons (Fsp3) is 0.533. The summed E-state index contributed by atoms with van der Waals surface area (Å²) in [5.74, 6) is 0. The Morgan fingerprint density at radius 2 is 1.78 bits per heavy atom. The van der Waals surface area contributed by atoms with Gasteiger partial charge in [0.25, 0.3) is 0 Å². The zero-order valence-corrected chi connectivity index (χ0v) is 10.4. The summed E-state index contributed by atoms with van der Waals surface area (Å²) in [7, 11) is 0. The highest BCUT2D eigenvalue weighted by Crippen LogP contribution is 2.39. The zero-order valence-electron chi connectivity index (χ0n) is 10.4. The molecule has 2 unspecified atom stereocenters. The predicted molar refractivity (Wildman–Crippen MR) is 67.7 cm³/mol. The minimum atomic E-state index is 0.0746. The largest absolute Gasteiger partial charge is 0.374 e. The average molecular weight is 246 g/mol. The van der Waals surface area contributed by atoms with E-state index in [4.69, 9.17) is 9.47 Å². The number of carbonyl (C=O) groups excluding carboxylic acids is 1. The van der Waals surface area contributed by atoms with E-state index in [0.29, 0.717) is 0 Å². The quantitative estimate of drug-likeness (QED) is 0.768. The molecule has 0 spiro atoms. The maximum Gasteiger partial charge on any atom is 0.150 e. The van der Waals surface area contributed by atoms with Crippen LogP contribution in [0.25, 0.3) is 0 Å². The topological polar surface area (TPSA) is 35.5 Å². The van der Waals surface area contributed by atoms with Crippen LogP contribution in [0.15, 0.2) is 18.2 Å². The monoisotopic (exact) mass is 246 g/mol. The SMILES string of the molecule is O=Cc1cccc(C2CCCO2)c1C1CCCO1. The highest BCUT2D eigenvalue weighted by atomic mass is 16.5. The molecule has 3 nitrogen and oxygen atoms in total. The van der Waals surface area contributed by atoms with Crippen LogP contribution < -0.4 is 0 Å². The molecule has 1 aromatic rings. The fourth-order valence-corrected chi connectivity index (χ4v) is 2.99. The Morgan fingerprint density at radius 3 is 2.39 bits per heavy atom. The molecular formula is C15H18O3. The lowest BCUT2D eigenvalue weighted by Gasteiger charge is -2.20. The van der Waals surface area contributed by atoms with Gasteiger partial charge in [0, 0.05) is 18.8 Å². The molecule has 18 heavy (non-hydrogen) atoms. The van der Waals surface area contributed by atoms with E-state index in [2.05, 4.69) is 6.07 Å². The van der Waals surface area contributed by atoms with E-state index in [0.717, 1.165) is 61.9 Å². The fourth-order valence-electron chi connectivity index (χ4n) is 2.99. The van der Waals surface area contributed by atoms with Crippen molar-refractivity contribution in [2.45, 2.75) is 37.9 Å². The molecule has 2 atom stereocenters. The summed E-state index contributed by atoms with van der Waals surface area (Å²) >= 11 is 0. The number of benzene rings is 1. The first-order valence-corrected chi connectivity index (χ1v) is 6.71.